The standard InChI is InChI=1S/C20H28N4O3/c1-4-27-18-12-15(7-8-17(18)26-3)13-22-16-6-5-10-24(14-16)19-20(25)23(2)11-9-21-19/h7-9,11-12,16,22H,4-6,10,13-14H2,1-3H3/t16-/m0/s1. The third-order valence-electron chi connectivity index (χ3n) is 4.84. The zero-order valence-electron chi connectivity index (χ0n) is 16.3. The smallest absolute Gasteiger partial charge is 0.293 e. The average molecular weight is 372 g/mol. The fourth-order valence-corrected chi connectivity index (χ4v) is 3.40. The van der Waals surface area contributed by atoms with Crippen LogP contribution in [0.4, 0.5) is 5.82 Å². The molecule has 0 aliphatic carbocycles. The van der Waals surface area contributed by atoms with Crippen molar-refractivity contribution in [2.24, 2.45) is 7.05 Å². The molecule has 1 aromatic heterocycles. The molecule has 0 bridgehead atoms. The SMILES string of the molecule is CCOc1cc(CN[C@H]2CCCN(c3nccn(C)c3=O)C2)ccc1OC. The first-order valence-electron chi connectivity index (χ1n) is 9.42. The average Bonchev–Trinajstić information content (AvgIpc) is 2.69. The highest BCUT2D eigenvalue weighted by atomic mass is 16.5. The summed E-state index contributed by atoms with van der Waals surface area (Å²) in [5, 5.41) is 3.60. The predicted octanol–water partition coefficient (Wildman–Crippen LogP) is 1.95. The third-order valence-corrected chi connectivity index (χ3v) is 4.84. The highest BCUT2D eigenvalue weighted by Gasteiger charge is 2.22. The number of hydrogen-bond donors (Lipinski definition) is 1. The van der Waals surface area contributed by atoms with E-state index in [4.69, 9.17) is 9.47 Å². The van der Waals surface area contributed by atoms with Gasteiger partial charge in [-0.15, -0.1) is 0 Å². The van der Waals surface area contributed by atoms with Crippen molar-refractivity contribution in [2.45, 2.75) is 32.4 Å². The van der Waals surface area contributed by atoms with Crippen molar-refractivity contribution in [2.75, 3.05) is 31.7 Å². The maximum absolute atomic E-state index is 12.3. The fourth-order valence-electron chi connectivity index (χ4n) is 3.40. The summed E-state index contributed by atoms with van der Waals surface area (Å²) in [6, 6.07) is 6.31. The lowest BCUT2D eigenvalue weighted by Crippen LogP contribution is -2.47. The van der Waals surface area contributed by atoms with Gasteiger partial charge in [0.2, 0.25) is 0 Å². The molecule has 2 heterocycles. The molecule has 146 valence electrons. The number of aromatic nitrogens is 2. The van der Waals surface area contributed by atoms with Gasteiger partial charge in [0.05, 0.1) is 13.7 Å². The molecule has 27 heavy (non-hydrogen) atoms. The molecule has 7 nitrogen and oxygen atoms in total. The van der Waals surface area contributed by atoms with Crippen LogP contribution in [0.3, 0.4) is 0 Å². The predicted molar refractivity (Wildman–Crippen MR) is 106 cm³/mol. The van der Waals surface area contributed by atoms with Crippen LogP contribution in [0.5, 0.6) is 11.5 Å². The van der Waals surface area contributed by atoms with Crippen LogP contribution >= 0.6 is 0 Å². The largest absolute Gasteiger partial charge is 0.493 e. The van der Waals surface area contributed by atoms with Gasteiger partial charge in [-0.2, -0.15) is 0 Å². The first-order chi connectivity index (χ1) is 13.1. The van der Waals surface area contributed by atoms with Crippen LogP contribution in [0, 0.1) is 0 Å². The van der Waals surface area contributed by atoms with E-state index in [2.05, 4.69) is 15.2 Å². The lowest BCUT2D eigenvalue weighted by molar-refractivity contribution is 0.310. The van der Waals surface area contributed by atoms with Crippen LogP contribution in [0.2, 0.25) is 0 Å². The van der Waals surface area contributed by atoms with E-state index in [1.807, 2.05) is 25.1 Å². The number of rotatable bonds is 7. The first kappa shape index (κ1) is 19.2. The number of ether oxygens (including phenoxy) is 2. The molecule has 1 aliphatic rings. The Labute approximate surface area is 159 Å². The molecule has 2 aromatic rings. The third kappa shape index (κ3) is 4.60. The Kier molecular flexibility index (Phi) is 6.34. The molecule has 1 fully saturated rings. The summed E-state index contributed by atoms with van der Waals surface area (Å²) in [5.41, 5.74) is 1.10. The van der Waals surface area contributed by atoms with E-state index >= 15 is 0 Å². The van der Waals surface area contributed by atoms with Gasteiger partial charge in [-0.25, -0.2) is 4.98 Å². The molecule has 0 unspecified atom stereocenters. The monoisotopic (exact) mass is 372 g/mol. The number of methoxy groups -OCH3 is 1. The highest BCUT2D eigenvalue weighted by Crippen LogP contribution is 2.28. The van der Waals surface area contributed by atoms with Gasteiger partial charge in [-0.05, 0) is 37.5 Å². The molecule has 0 amide bonds. The zero-order valence-corrected chi connectivity index (χ0v) is 16.3. The van der Waals surface area contributed by atoms with Gasteiger partial charge in [0, 0.05) is 45.1 Å². The Hall–Kier alpha value is -2.54. The van der Waals surface area contributed by atoms with Crippen molar-refractivity contribution in [3.8, 4) is 11.5 Å². The number of anilines is 1. The maximum atomic E-state index is 12.3. The molecular weight excluding hydrogens is 344 g/mol. The number of nitrogens with one attached hydrogen (secondary N) is 1. The minimum Gasteiger partial charge on any atom is -0.493 e. The van der Waals surface area contributed by atoms with Gasteiger partial charge in [-0.3, -0.25) is 4.79 Å². The Morgan fingerprint density at radius 3 is 2.96 bits per heavy atom. The molecule has 1 atom stereocenters. The highest BCUT2D eigenvalue weighted by molar-refractivity contribution is 5.43. The van der Waals surface area contributed by atoms with E-state index in [0.29, 0.717) is 18.5 Å². The molecule has 1 N–H and O–H groups in total. The second-order valence-electron chi connectivity index (χ2n) is 6.75. The van der Waals surface area contributed by atoms with Gasteiger partial charge in [0.15, 0.2) is 17.3 Å². The quantitative estimate of drug-likeness (QED) is 0.801. The summed E-state index contributed by atoms with van der Waals surface area (Å²) in [5.74, 6) is 2.05. The molecule has 7 heteroatoms. The van der Waals surface area contributed by atoms with E-state index in [9.17, 15) is 4.79 Å². The summed E-state index contributed by atoms with van der Waals surface area (Å²) < 4.78 is 12.6. The topological polar surface area (TPSA) is 68.6 Å². The normalized spacial score (nSPS) is 17.0. The molecule has 1 saturated heterocycles. The minimum atomic E-state index is -0.0466. The molecule has 0 radical (unpaired) electrons. The van der Waals surface area contributed by atoms with Crippen LogP contribution in [0.15, 0.2) is 35.4 Å². The maximum Gasteiger partial charge on any atom is 0.293 e. The van der Waals surface area contributed by atoms with E-state index in [0.717, 1.165) is 49.5 Å². The van der Waals surface area contributed by atoms with Crippen molar-refractivity contribution in [1.82, 2.24) is 14.9 Å². The summed E-state index contributed by atoms with van der Waals surface area (Å²) >= 11 is 0. The van der Waals surface area contributed by atoms with Crippen molar-refractivity contribution >= 4 is 5.82 Å². The lowest BCUT2D eigenvalue weighted by atomic mass is 10.1. The van der Waals surface area contributed by atoms with Gasteiger partial charge in [0.25, 0.3) is 5.56 Å². The molecule has 1 aliphatic heterocycles. The molecule has 3 rings (SSSR count). The van der Waals surface area contributed by atoms with E-state index in [-0.39, 0.29) is 5.56 Å². The number of nitrogens with zero attached hydrogens (tertiary/aromatic N) is 3. The van der Waals surface area contributed by atoms with Crippen LogP contribution in [-0.4, -0.2) is 42.4 Å². The minimum absolute atomic E-state index is 0.0466. The Morgan fingerprint density at radius 2 is 2.19 bits per heavy atom. The van der Waals surface area contributed by atoms with Crippen LogP contribution < -0.4 is 25.2 Å². The van der Waals surface area contributed by atoms with Gasteiger partial charge in [-0.1, -0.05) is 6.07 Å². The lowest BCUT2D eigenvalue weighted by Gasteiger charge is -2.33. The number of benzene rings is 1. The van der Waals surface area contributed by atoms with Gasteiger partial charge >= 0.3 is 0 Å². The summed E-state index contributed by atoms with van der Waals surface area (Å²) in [6.07, 6.45) is 5.48. The molecule has 0 spiro atoms. The van der Waals surface area contributed by atoms with Gasteiger partial charge in [0.1, 0.15) is 0 Å². The second-order valence-corrected chi connectivity index (χ2v) is 6.75. The van der Waals surface area contributed by atoms with Crippen molar-refractivity contribution < 1.29 is 9.47 Å². The number of aryl methyl sites for hydroxylation is 1. The fraction of sp³-hybridized carbons (Fsp3) is 0.500. The Morgan fingerprint density at radius 1 is 1.33 bits per heavy atom. The number of hydrogen-bond acceptors (Lipinski definition) is 6. The second kappa shape index (κ2) is 8.90. The Bertz CT molecular complexity index is 821. The Balaban J connectivity index is 1.64. The molecular formula is C20H28N4O3. The summed E-state index contributed by atoms with van der Waals surface area (Å²) in [7, 11) is 3.40. The van der Waals surface area contributed by atoms with Crippen molar-refractivity contribution in [3.63, 3.8) is 0 Å². The summed E-state index contributed by atoms with van der Waals surface area (Å²) in [4.78, 5) is 18.7. The van der Waals surface area contributed by atoms with Crippen molar-refractivity contribution in [1.29, 1.82) is 0 Å². The van der Waals surface area contributed by atoms with Crippen LogP contribution in [0.25, 0.3) is 0 Å². The van der Waals surface area contributed by atoms with Crippen LogP contribution in [0.1, 0.15) is 25.3 Å². The van der Waals surface area contributed by atoms with E-state index < -0.39 is 0 Å². The van der Waals surface area contributed by atoms with E-state index in [1.54, 1.807) is 31.1 Å². The zero-order chi connectivity index (χ0) is 19.2. The van der Waals surface area contributed by atoms with Crippen LogP contribution in [-0.2, 0) is 13.6 Å². The van der Waals surface area contributed by atoms with E-state index in [1.165, 1.54) is 0 Å². The van der Waals surface area contributed by atoms with Crippen molar-refractivity contribution in [3.05, 3.63) is 46.5 Å². The number of piperidine rings is 1. The molecule has 0 saturated carbocycles. The summed E-state index contributed by atoms with van der Waals surface area (Å²) in [6.45, 7) is 4.94. The van der Waals surface area contributed by atoms with Gasteiger partial charge < -0.3 is 24.3 Å². The first-order valence-corrected chi connectivity index (χ1v) is 9.42. The molecule has 1 aromatic carbocycles.